The SMILES string of the molecule is COc1ccc([C@@H](C)N2CCC[C@H]2Cn2cncn2)cc1Cl. The second kappa shape index (κ2) is 6.67. The Morgan fingerprint density at radius 3 is 3.00 bits per heavy atom. The molecule has 2 heterocycles. The Balaban J connectivity index is 1.75. The van der Waals surface area contributed by atoms with Crippen LogP contribution >= 0.6 is 11.6 Å². The molecule has 118 valence electrons. The van der Waals surface area contributed by atoms with Crippen molar-refractivity contribution in [2.45, 2.75) is 38.4 Å². The Morgan fingerprint density at radius 2 is 2.32 bits per heavy atom. The zero-order valence-corrected chi connectivity index (χ0v) is 13.7. The van der Waals surface area contributed by atoms with E-state index in [1.165, 1.54) is 18.4 Å². The largest absolute Gasteiger partial charge is 0.495 e. The summed E-state index contributed by atoms with van der Waals surface area (Å²) in [5, 5.41) is 4.89. The summed E-state index contributed by atoms with van der Waals surface area (Å²) in [7, 11) is 1.64. The highest BCUT2D eigenvalue weighted by Gasteiger charge is 2.29. The molecule has 2 atom stereocenters. The van der Waals surface area contributed by atoms with Gasteiger partial charge in [-0.3, -0.25) is 9.58 Å². The van der Waals surface area contributed by atoms with Gasteiger partial charge in [0.1, 0.15) is 18.4 Å². The third kappa shape index (κ3) is 3.10. The first-order valence-corrected chi connectivity index (χ1v) is 7.98. The van der Waals surface area contributed by atoms with Gasteiger partial charge in [-0.05, 0) is 44.0 Å². The number of hydrogen-bond acceptors (Lipinski definition) is 4. The maximum Gasteiger partial charge on any atom is 0.137 e. The van der Waals surface area contributed by atoms with E-state index in [-0.39, 0.29) is 0 Å². The van der Waals surface area contributed by atoms with Crippen LogP contribution in [0.4, 0.5) is 0 Å². The van der Waals surface area contributed by atoms with Crippen LogP contribution in [0.5, 0.6) is 5.75 Å². The van der Waals surface area contributed by atoms with E-state index in [1.807, 2.05) is 16.8 Å². The van der Waals surface area contributed by atoms with Crippen molar-refractivity contribution >= 4 is 11.6 Å². The lowest BCUT2D eigenvalue weighted by molar-refractivity contribution is 0.173. The molecule has 1 aromatic carbocycles. The molecular weight excluding hydrogens is 300 g/mol. The van der Waals surface area contributed by atoms with Gasteiger partial charge in [-0.15, -0.1) is 0 Å². The van der Waals surface area contributed by atoms with Crippen molar-refractivity contribution in [3.05, 3.63) is 41.4 Å². The Morgan fingerprint density at radius 1 is 1.45 bits per heavy atom. The van der Waals surface area contributed by atoms with Crippen molar-refractivity contribution in [1.82, 2.24) is 19.7 Å². The van der Waals surface area contributed by atoms with Gasteiger partial charge in [0.25, 0.3) is 0 Å². The predicted molar refractivity (Wildman–Crippen MR) is 86.2 cm³/mol. The van der Waals surface area contributed by atoms with Crippen molar-refractivity contribution in [2.75, 3.05) is 13.7 Å². The third-order valence-electron chi connectivity index (χ3n) is 4.44. The zero-order valence-electron chi connectivity index (χ0n) is 12.9. The van der Waals surface area contributed by atoms with E-state index in [1.54, 1.807) is 19.8 Å². The summed E-state index contributed by atoms with van der Waals surface area (Å²) in [4.78, 5) is 6.55. The van der Waals surface area contributed by atoms with Gasteiger partial charge in [-0.25, -0.2) is 4.98 Å². The molecule has 2 aromatic rings. The van der Waals surface area contributed by atoms with Crippen molar-refractivity contribution < 1.29 is 4.74 Å². The maximum atomic E-state index is 6.27. The average molecular weight is 321 g/mol. The molecule has 0 saturated carbocycles. The summed E-state index contributed by atoms with van der Waals surface area (Å²) in [6, 6.07) is 6.85. The Hall–Kier alpha value is -1.59. The quantitative estimate of drug-likeness (QED) is 0.848. The third-order valence-corrected chi connectivity index (χ3v) is 4.74. The lowest BCUT2D eigenvalue weighted by atomic mass is 10.1. The number of nitrogens with zero attached hydrogens (tertiary/aromatic N) is 4. The van der Waals surface area contributed by atoms with Gasteiger partial charge >= 0.3 is 0 Å². The second-order valence-corrected chi connectivity index (χ2v) is 6.13. The van der Waals surface area contributed by atoms with Crippen molar-refractivity contribution in [3.63, 3.8) is 0 Å². The van der Waals surface area contributed by atoms with Crippen molar-refractivity contribution in [2.24, 2.45) is 0 Å². The van der Waals surface area contributed by atoms with E-state index in [9.17, 15) is 0 Å². The standard InChI is InChI=1S/C16H21ClN4O/c1-12(13-5-6-16(22-2)15(17)8-13)21-7-3-4-14(21)9-20-11-18-10-19-20/h5-6,8,10-12,14H,3-4,7,9H2,1-2H3/t12-,14+/m1/s1. The monoisotopic (exact) mass is 320 g/mol. The van der Waals surface area contributed by atoms with E-state index in [0.29, 0.717) is 17.1 Å². The molecule has 1 aliphatic rings. The molecule has 1 aromatic heterocycles. The minimum atomic E-state index is 0.319. The van der Waals surface area contributed by atoms with E-state index in [2.05, 4.69) is 28.0 Å². The lowest BCUT2D eigenvalue weighted by Gasteiger charge is -2.31. The molecule has 0 spiro atoms. The van der Waals surface area contributed by atoms with Crippen LogP contribution in [0.2, 0.25) is 5.02 Å². The summed E-state index contributed by atoms with van der Waals surface area (Å²) < 4.78 is 7.15. The molecule has 1 aliphatic heterocycles. The summed E-state index contributed by atoms with van der Waals surface area (Å²) >= 11 is 6.27. The van der Waals surface area contributed by atoms with Gasteiger partial charge in [0, 0.05) is 12.1 Å². The zero-order chi connectivity index (χ0) is 15.5. The highest BCUT2D eigenvalue weighted by atomic mass is 35.5. The van der Waals surface area contributed by atoms with Crippen LogP contribution < -0.4 is 4.74 Å². The molecule has 0 amide bonds. The molecule has 0 N–H and O–H groups in total. The van der Waals surface area contributed by atoms with Crippen LogP contribution in [-0.2, 0) is 6.54 Å². The van der Waals surface area contributed by atoms with Crippen LogP contribution in [0.1, 0.15) is 31.4 Å². The predicted octanol–water partition coefficient (Wildman–Crippen LogP) is 3.17. The molecule has 0 aliphatic carbocycles. The Labute approximate surface area is 135 Å². The molecule has 0 unspecified atom stereocenters. The minimum absolute atomic E-state index is 0.319. The molecule has 22 heavy (non-hydrogen) atoms. The lowest BCUT2D eigenvalue weighted by Crippen LogP contribution is -2.35. The number of aromatic nitrogens is 3. The van der Waals surface area contributed by atoms with E-state index in [4.69, 9.17) is 16.3 Å². The fraction of sp³-hybridized carbons (Fsp3) is 0.500. The number of ether oxygens (including phenoxy) is 1. The normalized spacial score (nSPS) is 20.2. The molecule has 3 rings (SSSR count). The molecule has 1 fully saturated rings. The average Bonchev–Trinajstić information content (AvgIpc) is 3.18. The van der Waals surface area contributed by atoms with Crippen molar-refractivity contribution in [1.29, 1.82) is 0 Å². The summed E-state index contributed by atoms with van der Waals surface area (Å²) in [5.41, 5.74) is 1.22. The fourth-order valence-corrected chi connectivity index (χ4v) is 3.51. The van der Waals surface area contributed by atoms with Gasteiger partial charge < -0.3 is 4.74 Å². The van der Waals surface area contributed by atoms with Crippen LogP contribution in [0.3, 0.4) is 0 Å². The topological polar surface area (TPSA) is 43.2 Å². The number of halogens is 1. The number of benzene rings is 1. The smallest absolute Gasteiger partial charge is 0.137 e. The molecule has 0 bridgehead atoms. The van der Waals surface area contributed by atoms with E-state index in [0.717, 1.165) is 18.8 Å². The number of rotatable bonds is 5. The molecule has 5 nitrogen and oxygen atoms in total. The minimum Gasteiger partial charge on any atom is -0.495 e. The summed E-state index contributed by atoms with van der Waals surface area (Å²) in [5.74, 6) is 0.721. The number of methoxy groups -OCH3 is 1. The number of likely N-dealkylation sites (tertiary alicyclic amines) is 1. The fourth-order valence-electron chi connectivity index (χ4n) is 3.24. The van der Waals surface area contributed by atoms with Crippen LogP contribution in [0, 0.1) is 0 Å². The maximum absolute atomic E-state index is 6.27. The summed E-state index contributed by atoms with van der Waals surface area (Å²) in [6.45, 7) is 4.22. The van der Waals surface area contributed by atoms with Crippen LogP contribution in [0.25, 0.3) is 0 Å². The van der Waals surface area contributed by atoms with E-state index < -0.39 is 0 Å². The first kappa shape index (κ1) is 15.3. The molecular formula is C16H21ClN4O. The first-order valence-electron chi connectivity index (χ1n) is 7.60. The Bertz CT molecular complexity index is 617. The van der Waals surface area contributed by atoms with Gasteiger partial charge in [0.15, 0.2) is 0 Å². The summed E-state index contributed by atoms with van der Waals surface area (Å²) in [6.07, 6.45) is 5.78. The van der Waals surface area contributed by atoms with Crippen LogP contribution in [-0.4, -0.2) is 39.4 Å². The van der Waals surface area contributed by atoms with Gasteiger partial charge in [0.05, 0.1) is 18.7 Å². The molecule has 0 radical (unpaired) electrons. The van der Waals surface area contributed by atoms with Crippen LogP contribution in [0.15, 0.2) is 30.9 Å². The highest BCUT2D eigenvalue weighted by molar-refractivity contribution is 6.32. The first-order chi connectivity index (χ1) is 10.7. The molecule has 1 saturated heterocycles. The Kier molecular flexibility index (Phi) is 4.64. The van der Waals surface area contributed by atoms with Gasteiger partial charge in [0.2, 0.25) is 0 Å². The highest BCUT2D eigenvalue weighted by Crippen LogP contribution is 2.33. The molecule has 6 heteroatoms. The van der Waals surface area contributed by atoms with Gasteiger partial charge in [-0.2, -0.15) is 5.10 Å². The second-order valence-electron chi connectivity index (χ2n) is 5.72. The van der Waals surface area contributed by atoms with E-state index >= 15 is 0 Å². The van der Waals surface area contributed by atoms with Gasteiger partial charge in [-0.1, -0.05) is 17.7 Å². The van der Waals surface area contributed by atoms with Crippen molar-refractivity contribution in [3.8, 4) is 5.75 Å². The number of hydrogen-bond donors (Lipinski definition) is 0.